The molecular formula is C29H33FN2O2. The monoisotopic (exact) mass is 460 g/mol. The molecule has 0 bridgehead atoms. The Morgan fingerprint density at radius 3 is 2.50 bits per heavy atom. The van der Waals surface area contributed by atoms with Crippen LogP contribution in [0.2, 0.25) is 0 Å². The van der Waals surface area contributed by atoms with Crippen molar-refractivity contribution in [3.05, 3.63) is 65.6 Å². The Labute approximate surface area is 200 Å². The molecule has 6 rings (SSSR count). The zero-order valence-electron chi connectivity index (χ0n) is 19.9. The molecule has 4 nitrogen and oxygen atoms in total. The predicted octanol–water partition coefficient (Wildman–Crippen LogP) is 6.46. The number of benzene rings is 2. The number of hydrogen-bond acceptors (Lipinski definition) is 2. The second-order valence-corrected chi connectivity index (χ2v) is 11.1. The second kappa shape index (κ2) is 8.44. The lowest BCUT2D eigenvalue weighted by Gasteiger charge is -2.57. The molecule has 1 aromatic heterocycles. The Hall–Kier alpha value is -2.82. The van der Waals surface area contributed by atoms with E-state index in [0.29, 0.717) is 34.5 Å². The van der Waals surface area contributed by atoms with Crippen molar-refractivity contribution < 1.29 is 13.9 Å². The quantitative estimate of drug-likeness (QED) is 0.459. The number of amides is 1. The number of carbonyl (C=O) groups excluding carboxylic acids is 1. The Morgan fingerprint density at radius 2 is 1.79 bits per heavy atom. The van der Waals surface area contributed by atoms with Gasteiger partial charge in [0.1, 0.15) is 11.6 Å². The second-order valence-electron chi connectivity index (χ2n) is 11.1. The molecule has 2 aromatic carbocycles. The van der Waals surface area contributed by atoms with Gasteiger partial charge in [0.2, 0.25) is 0 Å². The van der Waals surface area contributed by atoms with Crippen molar-refractivity contribution in [2.45, 2.75) is 77.0 Å². The van der Waals surface area contributed by atoms with Crippen molar-refractivity contribution in [3.8, 4) is 5.75 Å². The summed E-state index contributed by atoms with van der Waals surface area (Å²) in [5.74, 6) is 1.33. The number of rotatable bonds is 6. The van der Waals surface area contributed by atoms with Crippen LogP contribution in [0.25, 0.3) is 10.9 Å². The topological polar surface area (TPSA) is 43.3 Å². The van der Waals surface area contributed by atoms with Gasteiger partial charge in [-0.1, -0.05) is 19.1 Å². The SMILES string of the molecule is CC1CC2(C1)CC(NC(=O)c1ccc(F)c3ccn(Cc4ccc(OC5CCCC5)cc4)c13)C2. The van der Waals surface area contributed by atoms with Gasteiger partial charge >= 0.3 is 0 Å². The average molecular weight is 461 g/mol. The summed E-state index contributed by atoms with van der Waals surface area (Å²) in [6.07, 6.45) is 11.7. The molecule has 0 unspecified atom stereocenters. The standard InChI is InChI=1S/C29H33FN2O2/c1-19-14-29(15-19)16-21(17-29)31-28(33)25-10-11-26(30)24-12-13-32(27(24)25)18-20-6-8-23(9-7-20)34-22-4-2-3-5-22/h6-13,19,21-22H,2-5,14-18H2,1H3,(H,31,33). The summed E-state index contributed by atoms with van der Waals surface area (Å²) in [4.78, 5) is 13.2. The van der Waals surface area contributed by atoms with Gasteiger partial charge < -0.3 is 14.6 Å². The highest BCUT2D eigenvalue weighted by atomic mass is 19.1. The molecule has 3 aliphatic rings. The zero-order valence-corrected chi connectivity index (χ0v) is 19.9. The fraction of sp³-hybridized carbons (Fsp3) is 0.483. The number of ether oxygens (including phenoxy) is 1. The maximum absolute atomic E-state index is 14.6. The molecule has 1 heterocycles. The van der Waals surface area contributed by atoms with E-state index in [1.54, 1.807) is 12.1 Å². The number of hydrogen-bond donors (Lipinski definition) is 1. The molecule has 178 valence electrons. The number of aromatic nitrogens is 1. The van der Waals surface area contributed by atoms with Gasteiger partial charge in [-0.05, 0) is 98.6 Å². The Balaban J connectivity index is 1.18. The van der Waals surface area contributed by atoms with Crippen molar-refractivity contribution in [2.24, 2.45) is 11.3 Å². The Bertz CT molecular complexity index is 1190. The van der Waals surface area contributed by atoms with E-state index in [9.17, 15) is 9.18 Å². The first-order valence-electron chi connectivity index (χ1n) is 12.8. The maximum Gasteiger partial charge on any atom is 0.253 e. The summed E-state index contributed by atoms with van der Waals surface area (Å²) in [5, 5.41) is 3.71. The van der Waals surface area contributed by atoms with Gasteiger partial charge in [-0.2, -0.15) is 0 Å². The van der Waals surface area contributed by atoms with E-state index in [1.807, 2.05) is 22.9 Å². The fourth-order valence-corrected chi connectivity index (χ4v) is 6.78. The van der Waals surface area contributed by atoms with E-state index >= 15 is 0 Å². The van der Waals surface area contributed by atoms with Crippen LogP contribution in [0.3, 0.4) is 0 Å². The predicted molar refractivity (Wildman–Crippen MR) is 132 cm³/mol. The molecule has 1 amide bonds. The third kappa shape index (κ3) is 3.99. The van der Waals surface area contributed by atoms with E-state index in [1.165, 1.54) is 31.7 Å². The van der Waals surface area contributed by atoms with Gasteiger partial charge in [-0.15, -0.1) is 0 Å². The minimum Gasteiger partial charge on any atom is -0.490 e. The van der Waals surface area contributed by atoms with Crippen LogP contribution in [0.5, 0.6) is 5.75 Å². The van der Waals surface area contributed by atoms with Gasteiger partial charge in [-0.25, -0.2) is 4.39 Å². The van der Waals surface area contributed by atoms with Gasteiger partial charge in [0.05, 0.1) is 17.2 Å². The molecule has 5 heteroatoms. The molecule has 3 aliphatic carbocycles. The smallest absolute Gasteiger partial charge is 0.253 e. The van der Waals surface area contributed by atoms with E-state index < -0.39 is 0 Å². The van der Waals surface area contributed by atoms with Crippen molar-refractivity contribution in [1.29, 1.82) is 0 Å². The highest BCUT2D eigenvalue weighted by Crippen LogP contribution is 2.58. The first kappa shape index (κ1) is 21.7. The number of nitrogens with zero attached hydrogens (tertiary/aromatic N) is 1. The lowest BCUT2D eigenvalue weighted by Crippen LogP contribution is -2.55. The van der Waals surface area contributed by atoms with Crippen LogP contribution >= 0.6 is 0 Å². The van der Waals surface area contributed by atoms with Crippen LogP contribution in [-0.2, 0) is 6.54 Å². The molecule has 3 fully saturated rings. The summed E-state index contributed by atoms with van der Waals surface area (Å²) in [6.45, 7) is 2.87. The Kier molecular flexibility index (Phi) is 5.39. The molecule has 3 aromatic rings. The number of carbonyl (C=O) groups is 1. The molecule has 3 saturated carbocycles. The van der Waals surface area contributed by atoms with Crippen LogP contribution in [0.1, 0.15) is 74.2 Å². The summed E-state index contributed by atoms with van der Waals surface area (Å²) < 4.78 is 22.7. The van der Waals surface area contributed by atoms with E-state index in [0.717, 1.165) is 42.9 Å². The highest BCUT2D eigenvalue weighted by Gasteiger charge is 2.51. The summed E-state index contributed by atoms with van der Waals surface area (Å²) in [5.41, 5.74) is 2.77. The summed E-state index contributed by atoms with van der Waals surface area (Å²) in [7, 11) is 0. The Morgan fingerprint density at radius 1 is 1.06 bits per heavy atom. The zero-order chi connectivity index (χ0) is 23.3. The molecule has 0 aliphatic heterocycles. The van der Waals surface area contributed by atoms with Crippen LogP contribution < -0.4 is 10.1 Å². The maximum atomic E-state index is 14.6. The number of nitrogens with one attached hydrogen (secondary N) is 1. The molecule has 34 heavy (non-hydrogen) atoms. The molecule has 0 atom stereocenters. The molecule has 1 N–H and O–H groups in total. The van der Waals surface area contributed by atoms with Crippen LogP contribution in [-0.4, -0.2) is 22.6 Å². The van der Waals surface area contributed by atoms with Crippen molar-refractivity contribution in [2.75, 3.05) is 0 Å². The number of halogens is 1. The molecule has 0 saturated heterocycles. The lowest BCUT2D eigenvalue weighted by atomic mass is 9.50. The lowest BCUT2D eigenvalue weighted by molar-refractivity contribution is -0.0399. The first-order chi connectivity index (χ1) is 16.5. The highest BCUT2D eigenvalue weighted by molar-refractivity contribution is 6.06. The van der Waals surface area contributed by atoms with E-state index in [2.05, 4.69) is 24.4 Å². The van der Waals surface area contributed by atoms with Crippen LogP contribution in [0.15, 0.2) is 48.7 Å². The van der Waals surface area contributed by atoms with Crippen molar-refractivity contribution >= 4 is 16.8 Å². The van der Waals surface area contributed by atoms with E-state index in [-0.39, 0.29) is 17.8 Å². The van der Waals surface area contributed by atoms with E-state index in [4.69, 9.17) is 4.74 Å². The summed E-state index contributed by atoms with van der Waals surface area (Å²) >= 11 is 0. The minimum atomic E-state index is -0.295. The fourth-order valence-electron chi connectivity index (χ4n) is 6.78. The van der Waals surface area contributed by atoms with Crippen molar-refractivity contribution in [3.63, 3.8) is 0 Å². The van der Waals surface area contributed by atoms with Gasteiger partial charge in [-0.3, -0.25) is 4.79 Å². The first-order valence-corrected chi connectivity index (χ1v) is 12.8. The van der Waals surface area contributed by atoms with Crippen LogP contribution in [0, 0.1) is 17.2 Å². The normalized spacial score (nSPS) is 26.4. The van der Waals surface area contributed by atoms with Gasteiger partial charge in [0, 0.05) is 24.2 Å². The average Bonchev–Trinajstić information content (AvgIpc) is 3.44. The van der Waals surface area contributed by atoms with Gasteiger partial charge in [0.25, 0.3) is 5.91 Å². The van der Waals surface area contributed by atoms with Crippen molar-refractivity contribution in [1.82, 2.24) is 9.88 Å². The summed E-state index contributed by atoms with van der Waals surface area (Å²) in [6, 6.07) is 13.2. The third-order valence-electron chi connectivity index (χ3n) is 8.26. The molecular weight excluding hydrogens is 427 g/mol. The largest absolute Gasteiger partial charge is 0.490 e. The molecule has 1 spiro atoms. The van der Waals surface area contributed by atoms with Gasteiger partial charge in [0.15, 0.2) is 0 Å². The third-order valence-corrected chi connectivity index (χ3v) is 8.26. The molecule has 0 radical (unpaired) electrons. The minimum absolute atomic E-state index is 0.0996. The van der Waals surface area contributed by atoms with Crippen LogP contribution in [0.4, 0.5) is 4.39 Å². The number of fused-ring (bicyclic) bond motifs is 1.